The summed E-state index contributed by atoms with van der Waals surface area (Å²) >= 11 is 7.16. The number of halogens is 2. The average molecular weight is 493 g/mol. The molecule has 4 aliphatic rings. The van der Waals surface area contributed by atoms with E-state index in [1.807, 2.05) is 0 Å². The van der Waals surface area contributed by atoms with E-state index in [1.54, 1.807) is 0 Å². The highest BCUT2D eigenvalue weighted by Gasteiger charge is 2.59. The highest BCUT2D eigenvalue weighted by molar-refractivity contribution is 9.11. The molecule has 2 aromatic rings. The van der Waals surface area contributed by atoms with E-state index in [-0.39, 0.29) is 0 Å². The van der Waals surface area contributed by atoms with E-state index in [0.717, 1.165) is 38.5 Å². The van der Waals surface area contributed by atoms with Crippen molar-refractivity contribution in [2.75, 3.05) is 0 Å². The fraction of sp³-hybridized carbons (Fsp3) is 0.565. The van der Waals surface area contributed by atoms with Crippen LogP contribution >= 0.6 is 31.9 Å². The lowest BCUT2D eigenvalue weighted by molar-refractivity contribution is -0.118. The van der Waals surface area contributed by atoms with Crippen molar-refractivity contribution in [1.29, 1.82) is 0 Å². The molecule has 1 aromatic heterocycles. The first-order chi connectivity index (χ1) is 12.8. The van der Waals surface area contributed by atoms with Crippen LogP contribution in [0.1, 0.15) is 58.1 Å². The molecule has 6 rings (SSSR count). The summed E-state index contributed by atoms with van der Waals surface area (Å²) in [7, 11) is 0. The van der Waals surface area contributed by atoms with E-state index < -0.39 is 0 Å². The monoisotopic (exact) mass is 491 g/mol. The van der Waals surface area contributed by atoms with Crippen LogP contribution < -0.4 is 5.32 Å². The molecule has 2 unspecified atom stereocenters. The van der Waals surface area contributed by atoms with Crippen LogP contribution in [0.5, 0.6) is 0 Å². The van der Waals surface area contributed by atoms with E-state index in [1.165, 1.54) is 38.5 Å². The number of furan rings is 1. The summed E-state index contributed by atoms with van der Waals surface area (Å²) in [6.45, 7) is 5.89. The molecule has 1 aromatic carbocycles. The fourth-order valence-corrected chi connectivity index (χ4v) is 8.47. The van der Waals surface area contributed by atoms with Gasteiger partial charge in [-0.25, -0.2) is 0 Å². The molecule has 144 valence electrons. The second-order valence-electron chi connectivity index (χ2n) is 10.2. The Hall–Kier alpha value is -0.580. The van der Waals surface area contributed by atoms with Crippen molar-refractivity contribution in [2.24, 2.45) is 16.7 Å². The van der Waals surface area contributed by atoms with Crippen molar-refractivity contribution < 1.29 is 4.42 Å². The van der Waals surface area contributed by atoms with E-state index in [2.05, 4.69) is 81.4 Å². The molecule has 2 nitrogen and oxygen atoms in total. The Labute approximate surface area is 178 Å². The van der Waals surface area contributed by atoms with Crippen LogP contribution in [0.3, 0.4) is 0 Å². The van der Waals surface area contributed by atoms with Gasteiger partial charge in [-0.3, -0.25) is 0 Å². The van der Waals surface area contributed by atoms with E-state index in [9.17, 15) is 0 Å². The third-order valence-corrected chi connectivity index (χ3v) is 8.27. The lowest BCUT2D eigenvalue weighted by Gasteiger charge is -2.65. The van der Waals surface area contributed by atoms with Crippen LogP contribution in [-0.4, -0.2) is 5.54 Å². The maximum atomic E-state index is 6.20. The molecular weight excluding hydrogens is 466 g/mol. The van der Waals surface area contributed by atoms with Gasteiger partial charge in [-0.05, 0) is 102 Å². The second-order valence-corrected chi connectivity index (χ2v) is 11.9. The van der Waals surface area contributed by atoms with Gasteiger partial charge < -0.3 is 9.73 Å². The van der Waals surface area contributed by atoms with Crippen LogP contribution in [0.2, 0.25) is 0 Å². The SMILES string of the molecule is C[C@]12CC3CC(NCc4ccc(-c5ccc(Br)cc5Br)o4)(C1)C[C@@](C)(C3)C2. The average Bonchev–Trinajstić information content (AvgIpc) is 2.98. The number of hydrogen-bond donors (Lipinski definition) is 1. The van der Waals surface area contributed by atoms with Crippen molar-refractivity contribution in [3.8, 4) is 11.3 Å². The van der Waals surface area contributed by atoms with E-state index in [0.29, 0.717) is 16.4 Å². The number of rotatable bonds is 4. The highest BCUT2D eigenvalue weighted by Crippen LogP contribution is 2.66. The maximum Gasteiger partial charge on any atom is 0.135 e. The van der Waals surface area contributed by atoms with Gasteiger partial charge in [0.1, 0.15) is 11.5 Å². The summed E-state index contributed by atoms with van der Waals surface area (Å²) in [5.41, 5.74) is 2.49. The van der Waals surface area contributed by atoms with Crippen molar-refractivity contribution in [2.45, 2.75) is 64.5 Å². The molecule has 0 amide bonds. The minimum Gasteiger partial charge on any atom is -0.460 e. The van der Waals surface area contributed by atoms with Gasteiger partial charge in [-0.2, -0.15) is 0 Å². The van der Waals surface area contributed by atoms with Crippen molar-refractivity contribution in [3.05, 3.63) is 45.0 Å². The summed E-state index contributed by atoms with van der Waals surface area (Å²) in [6, 6.07) is 10.4. The summed E-state index contributed by atoms with van der Waals surface area (Å²) in [5, 5.41) is 3.97. The molecule has 4 atom stereocenters. The number of benzene rings is 1. The summed E-state index contributed by atoms with van der Waals surface area (Å²) in [5.74, 6) is 2.87. The van der Waals surface area contributed by atoms with Crippen LogP contribution in [0.25, 0.3) is 11.3 Å². The second kappa shape index (κ2) is 6.21. The zero-order valence-corrected chi connectivity index (χ0v) is 19.3. The molecular formula is C23H27Br2NO. The molecule has 4 fully saturated rings. The fourth-order valence-electron chi connectivity index (χ4n) is 7.23. The van der Waals surface area contributed by atoms with Gasteiger partial charge in [0.15, 0.2) is 0 Å². The van der Waals surface area contributed by atoms with Gasteiger partial charge in [0.2, 0.25) is 0 Å². The van der Waals surface area contributed by atoms with E-state index >= 15 is 0 Å². The van der Waals surface area contributed by atoms with Gasteiger partial charge in [0, 0.05) is 20.0 Å². The minimum absolute atomic E-state index is 0.314. The predicted octanol–water partition coefficient (Wildman–Crippen LogP) is 7.31. The Balaban J connectivity index is 1.33. The normalized spacial score (nSPS) is 37.1. The molecule has 0 aliphatic heterocycles. The molecule has 1 N–H and O–H groups in total. The summed E-state index contributed by atoms with van der Waals surface area (Å²) in [6.07, 6.45) is 8.31. The third kappa shape index (κ3) is 3.36. The van der Waals surface area contributed by atoms with Crippen LogP contribution in [0.4, 0.5) is 0 Å². The molecule has 4 saturated carbocycles. The van der Waals surface area contributed by atoms with Crippen LogP contribution in [-0.2, 0) is 6.54 Å². The molecule has 0 radical (unpaired) electrons. The van der Waals surface area contributed by atoms with Crippen molar-refractivity contribution >= 4 is 31.9 Å². The first kappa shape index (κ1) is 18.4. The molecule has 4 bridgehead atoms. The Kier molecular flexibility index (Phi) is 4.24. The Morgan fingerprint density at radius 1 is 1.00 bits per heavy atom. The molecule has 27 heavy (non-hydrogen) atoms. The Morgan fingerprint density at radius 2 is 1.74 bits per heavy atom. The largest absolute Gasteiger partial charge is 0.460 e. The van der Waals surface area contributed by atoms with Gasteiger partial charge >= 0.3 is 0 Å². The predicted molar refractivity (Wildman–Crippen MR) is 117 cm³/mol. The van der Waals surface area contributed by atoms with Crippen LogP contribution in [0.15, 0.2) is 43.7 Å². The highest BCUT2D eigenvalue weighted by atomic mass is 79.9. The maximum absolute atomic E-state index is 6.20. The smallest absolute Gasteiger partial charge is 0.135 e. The molecule has 1 heterocycles. The Bertz CT molecular complexity index is 870. The first-order valence-electron chi connectivity index (χ1n) is 10.0. The van der Waals surface area contributed by atoms with Gasteiger partial charge in [0.25, 0.3) is 0 Å². The standard InChI is InChI=1S/C23H27Br2NO/c1-21-8-15-9-22(2,12-21)14-23(10-15,13-21)26-11-17-4-6-20(27-17)18-5-3-16(24)7-19(18)25/h3-7,15,26H,8-14H2,1-2H3/t15?,21-,22+,23?. The summed E-state index contributed by atoms with van der Waals surface area (Å²) in [4.78, 5) is 0. The molecule has 0 spiro atoms. The molecule has 0 saturated heterocycles. The van der Waals surface area contributed by atoms with Gasteiger partial charge in [-0.15, -0.1) is 0 Å². The number of hydrogen-bond acceptors (Lipinski definition) is 2. The van der Waals surface area contributed by atoms with Crippen molar-refractivity contribution in [3.63, 3.8) is 0 Å². The van der Waals surface area contributed by atoms with Crippen molar-refractivity contribution in [1.82, 2.24) is 5.32 Å². The quantitative estimate of drug-likeness (QED) is 0.483. The number of nitrogens with one attached hydrogen (secondary N) is 1. The van der Waals surface area contributed by atoms with Gasteiger partial charge in [0.05, 0.1) is 6.54 Å². The lowest BCUT2D eigenvalue weighted by Crippen LogP contribution is -2.63. The molecule has 4 heteroatoms. The van der Waals surface area contributed by atoms with Crippen LogP contribution in [0, 0.1) is 16.7 Å². The zero-order valence-electron chi connectivity index (χ0n) is 16.1. The zero-order chi connectivity index (χ0) is 18.9. The molecule has 4 aliphatic carbocycles. The first-order valence-corrected chi connectivity index (χ1v) is 11.6. The van der Waals surface area contributed by atoms with E-state index in [4.69, 9.17) is 4.42 Å². The van der Waals surface area contributed by atoms with Gasteiger partial charge in [-0.1, -0.05) is 29.8 Å². The Morgan fingerprint density at radius 3 is 2.41 bits per heavy atom. The lowest BCUT2D eigenvalue weighted by atomic mass is 9.43. The summed E-state index contributed by atoms with van der Waals surface area (Å²) < 4.78 is 8.31. The topological polar surface area (TPSA) is 25.2 Å². The third-order valence-electron chi connectivity index (χ3n) is 7.12. The minimum atomic E-state index is 0.314.